The van der Waals surface area contributed by atoms with E-state index >= 15 is 0 Å². The van der Waals surface area contributed by atoms with Gasteiger partial charge in [-0.15, -0.1) is 0 Å². The van der Waals surface area contributed by atoms with Crippen LogP contribution in [0.2, 0.25) is 0 Å². The number of nitrogens with one attached hydrogen (secondary N) is 1. The first kappa shape index (κ1) is 18.2. The number of H-pyrrole nitrogens is 1. The first-order chi connectivity index (χ1) is 15.3. The molecule has 4 aromatic carbocycles. The number of hydrogen-bond donors (Lipinski definition) is 2. The monoisotopic (exact) mass is 404 g/mol. The number of fused-ring (bicyclic) bond motifs is 4. The molecule has 0 bridgehead atoms. The van der Waals surface area contributed by atoms with Crippen LogP contribution in [0.25, 0.3) is 21.7 Å². The van der Waals surface area contributed by atoms with E-state index in [2.05, 4.69) is 70.5 Å². The summed E-state index contributed by atoms with van der Waals surface area (Å²) in [7, 11) is 0. The molecule has 2 heterocycles. The number of para-hydroxylation sites is 1. The largest absolute Gasteiger partial charge is 0.507 e. The highest BCUT2D eigenvalue weighted by molar-refractivity contribution is 5.89. The van der Waals surface area contributed by atoms with Crippen molar-refractivity contribution in [2.24, 2.45) is 0 Å². The molecule has 1 aliphatic heterocycles. The van der Waals surface area contributed by atoms with E-state index in [1.807, 2.05) is 30.3 Å². The Labute approximate surface area is 181 Å². The smallest absolute Gasteiger partial charge is 0.128 e. The van der Waals surface area contributed by atoms with Gasteiger partial charge in [-0.1, -0.05) is 84.9 Å². The van der Waals surface area contributed by atoms with Crippen molar-refractivity contribution in [2.75, 3.05) is 6.54 Å². The molecule has 2 N–H and O–H groups in total. The second kappa shape index (κ2) is 7.29. The fraction of sp³-hybridized carbons (Fsp3) is 0.143. The van der Waals surface area contributed by atoms with Gasteiger partial charge >= 0.3 is 0 Å². The summed E-state index contributed by atoms with van der Waals surface area (Å²) in [6.45, 7) is 1.77. The highest BCUT2D eigenvalue weighted by Gasteiger charge is 2.30. The van der Waals surface area contributed by atoms with Crippen LogP contribution in [0.3, 0.4) is 0 Å². The molecule has 1 atom stereocenters. The standard InChI is InChI=1S/C28H24N2O/c31-28-21-11-5-4-8-19(21)14-15-24(28)27(20-9-2-1-3-10-20)30-17-16-23-22-12-6-7-13-25(22)29-26(23)18-30/h1-15,27,29,31H,16-18H2. The van der Waals surface area contributed by atoms with E-state index in [0.29, 0.717) is 5.75 Å². The Kier molecular flexibility index (Phi) is 4.29. The third kappa shape index (κ3) is 3.01. The first-order valence-corrected chi connectivity index (χ1v) is 10.9. The van der Waals surface area contributed by atoms with Gasteiger partial charge in [-0.2, -0.15) is 0 Å². The second-order valence-electron chi connectivity index (χ2n) is 8.39. The van der Waals surface area contributed by atoms with Gasteiger partial charge in [0.2, 0.25) is 0 Å². The minimum absolute atomic E-state index is 0.00892. The van der Waals surface area contributed by atoms with Gasteiger partial charge in [0.15, 0.2) is 0 Å². The average molecular weight is 405 g/mol. The SMILES string of the molecule is Oc1c(C(c2ccccc2)N2CCc3c([nH]c4ccccc34)C2)ccc2ccccc12. The molecule has 1 aromatic heterocycles. The van der Waals surface area contributed by atoms with E-state index in [4.69, 9.17) is 0 Å². The molecule has 0 aliphatic carbocycles. The Morgan fingerprint density at radius 2 is 1.52 bits per heavy atom. The third-order valence-corrected chi connectivity index (χ3v) is 6.62. The minimum Gasteiger partial charge on any atom is -0.507 e. The molecule has 3 nitrogen and oxygen atoms in total. The van der Waals surface area contributed by atoms with Gasteiger partial charge < -0.3 is 10.1 Å². The number of aromatic nitrogens is 1. The molecule has 1 unspecified atom stereocenters. The van der Waals surface area contributed by atoms with E-state index in [1.54, 1.807) is 0 Å². The summed E-state index contributed by atoms with van der Waals surface area (Å²) in [5.41, 5.74) is 6.09. The number of phenolic OH excluding ortho intramolecular Hbond substituents is 1. The molecule has 6 rings (SSSR count). The van der Waals surface area contributed by atoms with Crippen molar-refractivity contribution >= 4 is 21.7 Å². The molecule has 0 saturated heterocycles. The molecular weight excluding hydrogens is 380 g/mol. The fourth-order valence-electron chi connectivity index (χ4n) is 5.15. The van der Waals surface area contributed by atoms with Crippen molar-refractivity contribution in [3.05, 3.63) is 113 Å². The van der Waals surface area contributed by atoms with Crippen LogP contribution in [0, 0.1) is 0 Å². The van der Waals surface area contributed by atoms with E-state index < -0.39 is 0 Å². The molecule has 1 aliphatic rings. The Hall–Kier alpha value is -3.56. The van der Waals surface area contributed by atoms with E-state index in [-0.39, 0.29) is 6.04 Å². The average Bonchev–Trinajstić information content (AvgIpc) is 3.19. The maximum absolute atomic E-state index is 11.3. The zero-order chi connectivity index (χ0) is 20.8. The van der Waals surface area contributed by atoms with Crippen LogP contribution in [0.5, 0.6) is 5.75 Å². The maximum Gasteiger partial charge on any atom is 0.128 e. The summed E-state index contributed by atoms with van der Waals surface area (Å²) in [4.78, 5) is 6.13. The van der Waals surface area contributed by atoms with Gasteiger partial charge in [0.1, 0.15) is 5.75 Å². The van der Waals surface area contributed by atoms with Crippen LogP contribution in [-0.2, 0) is 13.0 Å². The number of aromatic hydroxyl groups is 1. The van der Waals surface area contributed by atoms with Crippen molar-refractivity contribution in [3.8, 4) is 5.75 Å². The third-order valence-electron chi connectivity index (χ3n) is 6.62. The molecule has 31 heavy (non-hydrogen) atoms. The number of hydrogen-bond acceptors (Lipinski definition) is 2. The second-order valence-corrected chi connectivity index (χ2v) is 8.39. The van der Waals surface area contributed by atoms with Crippen LogP contribution in [0.15, 0.2) is 91.0 Å². The molecular formula is C28H24N2O. The summed E-state index contributed by atoms with van der Waals surface area (Å²) < 4.78 is 0. The number of phenols is 1. The van der Waals surface area contributed by atoms with Gasteiger partial charge in [0.05, 0.1) is 6.04 Å². The van der Waals surface area contributed by atoms with Crippen molar-refractivity contribution in [2.45, 2.75) is 19.0 Å². The van der Waals surface area contributed by atoms with Gasteiger partial charge in [-0.25, -0.2) is 0 Å². The van der Waals surface area contributed by atoms with Crippen molar-refractivity contribution in [3.63, 3.8) is 0 Å². The van der Waals surface area contributed by atoms with Gasteiger partial charge in [0.25, 0.3) is 0 Å². The first-order valence-electron chi connectivity index (χ1n) is 10.9. The van der Waals surface area contributed by atoms with Crippen molar-refractivity contribution in [1.29, 1.82) is 0 Å². The quantitative estimate of drug-likeness (QED) is 0.377. The van der Waals surface area contributed by atoms with E-state index in [1.165, 1.54) is 27.7 Å². The zero-order valence-electron chi connectivity index (χ0n) is 17.3. The molecule has 152 valence electrons. The Bertz CT molecular complexity index is 1390. The molecule has 0 saturated carbocycles. The number of benzene rings is 4. The van der Waals surface area contributed by atoms with Gasteiger partial charge in [-0.05, 0) is 29.0 Å². The minimum atomic E-state index is -0.00892. The maximum atomic E-state index is 11.3. The summed E-state index contributed by atoms with van der Waals surface area (Å²) in [6.07, 6.45) is 0.997. The van der Waals surface area contributed by atoms with Crippen molar-refractivity contribution in [1.82, 2.24) is 9.88 Å². The Balaban J connectivity index is 1.48. The van der Waals surface area contributed by atoms with Crippen LogP contribution in [-0.4, -0.2) is 21.5 Å². The highest BCUT2D eigenvalue weighted by Crippen LogP contribution is 2.41. The lowest BCUT2D eigenvalue weighted by atomic mass is 9.91. The predicted octanol–water partition coefficient (Wildman–Crippen LogP) is 6.17. The lowest BCUT2D eigenvalue weighted by Gasteiger charge is -2.35. The highest BCUT2D eigenvalue weighted by atomic mass is 16.3. The normalized spacial score (nSPS) is 15.2. The zero-order valence-corrected chi connectivity index (χ0v) is 17.3. The van der Waals surface area contributed by atoms with Gasteiger partial charge in [0, 0.05) is 40.6 Å². The van der Waals surface area contributed by atoms with Crippen LogP contribution >= 0.6 is 0 Å². The van der Waals surface area contributed by atoms with Gasteiger partial charge in [-0.3, -0.25) is 4.90 Å². The summed E-state index contributed by atoms with van der Waals surface area (Å²) in [6, 6.07) is 31.4. The molecule has 0 radical (unpaired) electrons. The van der Waals surface area contributed by atoms with E-state index in [9.17, 15) is 5.11 Å². The lowest BCUT2D eigenvalue weighted by Crippen LogP contribution is -2.34. The van der Waals surface area contributed by atoms with Crippen LogP contribution in [0.1, 0.15) is 28.4 Å². The molecule has 0 amide bonds. The molecule has 0 spiro atoms. The van der Waals surface area contributed by atoms with Crippen molar-refractivity contribution < 1.29 is 5.11 Å². The fourth-order valence-corrected chi connectivity index (χ4v) is 5.15. The molecule has 5 aromatic rings. The predicted molar refractivity (Wildman–Crippen MR) is 126 cm³/mol. The topological polar surface area (TPSA) is 39.3 Å². The molecule has 0 fully saturated rings. The van der Waals surface area contributed by atoms with Crippen LogP contribution < -0.4 is 0 Å². The van der Waals surface area contributed by atoms with Crippen LogP contribution in [0.4, 0.5) is 0 Å². The number of aromatic amines is 1. The lowest BCUT2D eigenvalue weighted by molar-refractivity contribution is 0.202. The Morgan fingerprint density at radius 1 is 0.774 bits per heavy atom. The summed E-state index contributed by atoms with van der Waals surface area (Å²) >= 11 is 0. The molecule has 3 heteroatoms. The number of rotatable bonds is 3. The summed E-state index contributed by atoms with van der Waals surface area (Å²) in [5, 5.41) is 14.6. The Morgan fingerprint density at radius 3 is 2.39 bits per heavy atom. The van der Waals surface area contributed by atoms with E-state index in [0.717, 1.165) is 35.8 Å². The summed E-state index contributed by atoms with van der Waals surface area (Å²) in [5.74, 6) is 0.384. The number of nitrogens with zero attached hydrogens (tertiary/aromatic N) is 1.